The zero-order valence-corrected chi connectivity index (χ0v) is 18.1. The van der Waals surface area contributed by atoms with Crippen LogP contribution in [-0.2, 0) is 9.59 Å². The Morgan fingerprint density at radius 1 is 0.933 bits per heavy atom. The van der Waals surface area contributed by atoms with Crippen LogP contribution in [0.4, 0.5) is 0 Å². The molecular weight excluding hydrogens is 376 g/mol. The van der Waals surface area contributed by atoms with Gasteiger partial charge in [0.1, 0.15) is 0 Å². The van der Waals surface area contributed by atoms with Gasteiger partial charge in [0, 0.05) is 64.5 Å². The summed E-state index contributed by atoms with van der Waals surface area (Å²) in [4.78, 5) is 33.9. The van der Waals surface area contributed by atoms with E-state index in [-0.39, 0.29) is 11.8 Å². The fraction of sp³-hybridized carbons (Fsp3) is 0.583. The number of rotatable bonds is 5. The van der Waals surface area contributed by atoms with Crippen LogP contribution in [0, 0.1) is 6.92 Å². The van der Waals surface area contributed by atoms with Crippen LogP contribution in [0.1, 0.15) is 30.4 Å². The van der Waals surface area contributed by atoms with Crippen molar-refractivity contribution < 1.29 is 9.59 Å². The molecule has 0 atom stereocenters. The summed E-state index contributed by atoms with van der Waals surface area (Å²) in [6.45, 7) is 9.17. The first-order valence-corrected chi connectivity index (χ1v) is 11.4. The molecule has 2 aliphatic heterocycles. The van der Waals surface area contributed by atoms with Crippen LogP contribution < -0.4 is 0 Å². The first kappa shape index (κ1) is 21.1. The Kier molecular flexibility index (Phi) is 6.85. The Morgan fingerprint density at radius 3 is 2.23 bits per heavy atom. The minimum Gasteiger partial charge on any atom is -0.339 e. The summed E-state index contributed by atoms with van der Waals surface area (Å²) in [6, 6.07) is 8.83. The molecule has 3 aliphatic rings. The average molecular weight is 411 g/mol. The maximum Gasteiger partial charge on any atom is 0.246 e. The van der Waals surface area contributed by atoms with Gasteiger partial charge in [0.15, 0.2) is 0 Å². The topological polar surface area (TPSA) is 47.1 Å². The zero-order chi connectivity index (χ0) is 20.9. The van der Waals surface area contributed by atoms with Gasteiger partial charge < -0.3 is 9.80 Å². The molecule has 1 aromatic carbocycles. The Balaban J connectivity index is 1.18. The summed E-state index contributed by atoms with van der Waals surface area (Å²) in [5.74, 6) is 0.291. The molecule has 0 bridgehead atoms. The van der Waals surface area contributed by atoms with Crippen molar-refractivity contribution in [2.24, 2.45) is 0 Å². The van der Waals surface area contributed by atoms with Crippen LogP contribution in [0.3, 0.4) is 0 Å². The van der Waals surface area contributed by atoms with Crippen molar-refractivity contribution in [2.45, 2.75) is 32.2 Å². The van der Waals surface area contributed by atoms with E-state index in [1.165, 1.54) is 24.8 Å². The van der Waals surface area contributed by atoms with Gasteiger partial charge in [0.05, 0.1) is 6.54 Å². The first-order chi connectivity index (χ1) is 14.6. The van der Waals surface area contributed by atoms with Crippen LogP contribution in [-0.4, -0.2) is 96.4 Å². The Labute approximate surface area is 180 Å². The fourth-order valence-electron chi connectivity index (χ4n) is 4.55. The van der Waals surface area contributed by atoms with Gasteiger partial charge >= 0.3 is 0 Å². The molecule has 0 N–H and O–H groups in total. The molecule has 6 heteroatoms. The monoisotopic (exact) mass is 410 g/mol. The second kappa shape index (κ2) is 9.75. The first-order valence-electron chi connectivity index (χ1n) is 11.4. The van der Waals surface area contributed by atoms with Gasteiger partial charge in [-0.2, -0.15) is 0 Å². The molecule has 1 aromatic rings. The average Bonchev–Trinajstić information content (AvgIpc) is 2.73. The molecule has 6 nitrogen and oxygen atoms in total. The Hall–Kier alpha value is -2.18. The molecule has 0 unspecified atom stereocenters. The highest BCUT2D eigenvalue weighted by atomic mass is 16.2. The minimum absolute atomic E-state index is 0.0522. The predicted molar refractivity (Wildman–Crippen MR) is 119 cm³/mol. The molecule has 4 rings (SSSR count). The van der Waals surface area contributed by atoms with E-state index in [2.05, 4.69) is 9.80 Å². The van der Waals surface area contributed by atoms with Gasteiger partial charge in [-0.25, -0.2) is 0 Å². The van der Waals surface area contributed by atoms with E-state index in [0.717, 1.165) is 50.9 Å². The smallest absolute Gasteiger partial charge is 0.246 e. The van der Waals surface area contributed by atoms with Crippen LogP contribution >= 0.6 is 0 Å². The van der Waals surface area contributed by atoms with E-state index in [9.17, 15) is 9.59 Å². The molecule has 0 spiro atoms. The highest BCUT2D eigenvalue weighted by molar-refractivity contribution is 5.92. The second-order valence-electron chi connectivity index (χ2n) is 8.79. The molecule has 0 radical (unpaired) electrons. The maximum atomic E-state index is 12.7. The molecule has 30 heavy (non-hydrogen) atoms. The fourth-order valence-corrected chi connectivity index (χ4v) is 4.55. The van der Waals surface area contributed by atoms with E-state index in [1.807, 2.05) is 47.1 Å². The molecule has 2 saturated heterocycles. The van der Waals surface area contributed by atoms with Crippen LogP contribution in [0.5, 0.6) is 0 Å². The third-order valence-electron chi connectivity index (χ3n) is 6.89. The number of carbonyl (C=O) groups excluding carboxylic acids is 2. The number of aryl methyl sites for hydroxylation is 1. The standard InChI is InChI=1S/C24H34N4O2/c1-20-5-2-3-6-21(20)9-10-23(29)27-13-11-25(12-14-27)19-24(30)28-17-15-26(16-18-28)22-7-4-8-22/h2-3,5-6,9-10,22H,4,7-8,11-19H2,1H3. The number of hydrogen-bond acceptors (Lipinski definition) is 4. The van der Waals surface area contributed by atoms with Crippen LogP contribution in [0.2, 0.25) is 0 Å². The highest BCUT2D eigenvalue weighted by Crippen LogP contribution is 2.25. The van der Waals surface area contributed by atoms with Gasteiger partial charge in [-0.15, -0.1) is 0 Å². The lowest BCUT2D eigenvalue weighted by molar-refractivity contribution is -0.135. The molecule has 3 fully saturated rings. The number of amides is 2. The Morgan fingerprint density at radius 2 is 1.60 bits per heavy atom. The summed E-state index contributed by atoms with van der Waals surface area (Å²) in [5, 5.41) is 0. The van der Waals surface area contributed by atoms with Gasteiger partial charge in [-0.3, -0.25) is 19.4 Å². The summed E-state index contributed by atoms with van der Waals surface area (Å²) in [7, 11) is 0. The van der Waals surface area contributed by atoms with E-state index in [0.29, 0.717) is 19.6 Å². The molecule has 162 valence electrons. The molecule has 1 aliphatic carbocycles. The van der Waals surface area contributed by atoms with Crippen molar-refractivity contribution in [3.05, 3.63) is 41.5 Å². The lowest BCUT2D eigenvalue weighted by Gasteiger charge is -2.43. The molecule has 0 aromatic heterocycles. The number of hydrogen-bond donors (Lipinski definition) is 0. The number of piperazine rings is 2. The van der Waals surface area contributed by atoms with Crippen LogP contribution in [0.15, 0.2) is 30.3 Å². The van der Waals surface area contributed by atoms with Gasteiger partial charge in [-0.05, 0) is 37.0 Å². The zero-order valence-electron chi connectivity index (χ0n) is 18.1. The van der Waals surface area contributed by atoms with E-state index < -0.39 is 0 Å². The van der Waals surface area contributed by atoms with Crippen LogP contribution in [0.25, 0.3) is 6.08 Å². The summed E-state index contributed by atoms with van der Waals surface area (Å²) < 4.78 is 0. The van der Waals surface area contributed by atoms with E-state index >= 15 is 0 Å². The maximum absolute atomic E-state index is 12.7. The lowest BCUT2D eigenvalue weighted by Crippen LogP contribution is -2.56. The number of benzene rings is 1. The molecule has 1 saturated carbocycles. The van der Waals surface area contributed by atoms with Crippen molar-refractivity contribution in [1.82, 2.24) is 19.6 Å². The highest BCUT2D eigenvalue weighted by Gasteiger charge is 2.30. The van der Waals surface area contributed by atoms with Gasteiger partial charge in [0.25, 0.3) is 0 Å². The third-order valence-corrected chi connectivity index (χ3v) is 6.89. The quantitative estimate of drug-likeness (QED) is 0.695. The minimum atomic E-state index is 0.0522. The summed E-state index contributed by atoms with van der Waals surface area (Å²) >= 11 is 0. The van der Waals surface area contributed by atoms with Gasteiger partial charge in [-0.1, -0.05) is 30.7 Å². The predicted octanol–water partition coefficient (Wildman–Crippen LogP) is 1.85. The van der Waals surface area contributed by atoms with Crippen molar-refractivity contribution in [1.29, 1.82) is 0 Å². The lowest BCUT2D eigenvalue weighted by atomic mass is 9.91. The second-order valence-corrected chi connectivity index (χ2v) is 8.79. The van der Waals surface area contributed by atoms with Crippen molar-refractivity contribution >= 4 is 17.9 Å². The van der Waals surface area contributed by atoms with E-state index in [1.54, 1.807) is 6.08 Å². The summed E-state index contributed by atoms with van der Waals surface area (Å²) in [6.07, 6.45) is 7.59. The largest absolute Gasteiger partial charge is 0.339 e. The Bertz CT molecular complexity index is 773. The van der Waals surface area contributed by atoms with Crippen molar-refractivity contribution in [2.75, 3.05) is 58.9 Å². The SMILES string of the molecule is Cc1ccccc1C=CC(=O)N1CCN(CC(=O)N2CCN(C3CCC3)CC2)CC1. The van der Waals surface area contributed by atoms with Gasteiger partial charge in [0.2, 0.25) is 11.8 Å². The molecule has 2 heterocycles. The summed E-state index contributed by atoms with van der Waals surface area (Å²) in [5.41, 5.74) is 2.24. The number of carbonyl (C=O) groups is 2. The number of nitrogens with zero attached hydrogens (tertiary/aromatic N) is 4. The van der Waals surface area contributed by atoms with E-state index in [4.69, 9.17) is 0 Å². The normalized spacial score (nSPS) is 21.8. The third kappa shape index (κ3) is 5.10. The van der Waals surface area contributed by atoms with Crippen molar-refractivity contribution in [3.63, 3.8) is 0 Å². The van der Waals surface area contributed by atoms with Crippen molar-refractivity contribution in [3.8, 4) is 0 Å². The molecule has 2 amide bonds. The molecular formula is C24H34N4O2.